The van der Waals surface area contributed by atoms with Crippen LogP contribution in [0.1, 0.15) is 27.9 Å². The highest BCUT2D eigenvalue weighted by molar-refractivity contribution is 14.0. The molecule has 0 amide bonds. The molecule has 2 rings (SSSR count). The summed E-state index contributed by atoms with van der Waals surface area (Å²) in [5, 5.41) is 6.82. The predicted octanol–water partition coefficient (Wildman–Crippen LogP) is 3.72. The maximum Gasteiger partial charge on any atom is 0.191 e. The lowest BCUT2D eigenvalue weighted by Crippen LogP contribution is -2.43. The zero-order chi connectivity index (χ0) is 16.7. The second kappa shape index (κ2) is 10.7. The maximum atomic E-state index is 4.32. The first-order valence-corrected chi connectivity index (χ1v) is 8.82. The monoisotopic (exact) mass is 458 g/mol. The van der Waals surface area contributed by atoms with Crippen LogP contribution < -0.4 is 10.6 Å². The van der Waals surface area contributed by atoms with E-state index in [1.807, 2.05) is 37.6 Å². The molecule has 0 bridgehead atoms. The van der Waals surface area contributed by atoms with Gasteiger partial charge >= 0.3 is 0 Å². The molecule has 0 spiro atoms. The van der Waals surface area contributed by atoms with E-state index >= 15 is 0 Å². The normalized spacial score (nSPS) is 12.4. The first-order valence-electron chi connectivity index (χ1n) is 8.01. The van der Waals surface area contributed by atoms with E-state index in [0.29, 0.717) is 6.04 Å². The molecule has 1 atom stereocenters. The summed E-state index contributed by atoms with van der Waals surface area (Å²) in [5.74, 6) is 0.853. The molecule has 1 unspecified atom stereocenters. The van der Waals surface area contributed by atoms with Crippen LogP contribution in [0.4, 0.5) is 0 Å². The van der Waals surface area contributed by atoms with Gasteiger partial charge in [0.2, 0.25) is 0 Å². The quantitative estimate of drug-likeness (QED) is 0.394. The van der Waals surface area contributed by atoms with E-state index in [9.17, 15) is 0 Å². The Balaban J connectivity index is 0.00000288. The molecule has 2 heterocycles. The number of nitrogens with zero attached hydrogens (tertiary/aromatic N) is 2. The molecular weight excluding hydrogens is 431 g/mol. The Hall–Kier alpha value is -1.15. The third-order valence-corrected chi connectivity index (χ3v) is 4.61. The van der Waals surface area contributed by atoms with Crippen molar-refractivity contribution in [1.29, 1.82) is 0 Å². The molecule has 0 fully saturated rings. The molecule has 2 N–H and O–H groups in total. The lowest BCUT2D eigenvalue weighted by atomic mass is 10.2. The summed E-state index contributed by atoms with van der Waals surface area (Å²) in [5.41, 5.74) is 2.29. The van der Waals surface area contributed by atoms with Gasteiger partial charge in [-0.1, -0.05) is 6.07 Å². The van der Waals surface area contributed by atoms with Gasteiger partial charge in [0, 0.05) is 47.7 Å². The Morgan fingerprint density at radius 1 is 1.25 bits per heavy atom. The van der Waals surface area contributed by atoms with Crippen molar-refractivity contribution in [3.8, 4) is 0 Å². The van der Waals surface area contributed by atoms with Crippen molar-refractivity contribution in [3.63, 3.8) is 0 Å². The second-order valence-corrected chi connectivity index (χ2v) is 7.19. The highest BCUT2D eigenvalue weighted by Crippen LogP contribution is 2.16. The van der Waals surface area contributed by atoms with Crippen LogP contribution in [0.15, 0.2) is 35.5 Å². The Morgan fingerprint density at radius 3 is 2.62 bits per heavy atom. The van der Waals surface area contributed by atoms with Crippen molar-refractivity contribution in [3.05, 3.63) is 51.5 Å². The third kappa shape index (κ3) is 7.17. The summed E-state index contributed by atoms with van der Waals surface area (Å²) in [6.07, 6.45) is 3.89. The Labute approximate surface area is 166 Å². The van der Waals surface area contributed by atoms with Crippen LogP contribution in [0.5, 0.6) is 0 Å². The number of rotatable bonds is 6. The summed E-state index contributed by atoms with van der Waals surface area (Å²) < 4.78 is 0. The Morgan fingerprint density at radius 2 is 2.04 bits per heavy atom. The van der Waals surface area contributed by atoms with E-state index in [1.165, 1.54) is 15.3 Å². The lowest BCUT2D eigenvalue weighted by Gasteiger charge is -2.17. The number of thiophene rings is 1. The molecule has 0 aliphatic rings. The van der Waals surface area contributed by atoms with Crippen molar-refractivity contribution in [1.82, 2.24) is 15.6 Å². The van der Waals surface area contributed by atoms with Gasteiger partial charge < -0.3 is 10.6 Å². The van der Waals surface area contributed by atoms with Gasteiger partial charge in [-0.15, -0.1) is 35.3 Å². The fraction of sp³-hybridized carbons (Fsp3) is 0.444. The van der Waals surface area contributed by atoms with Gasteiger partial charge in [0.1, 0.15) is 0 Å². The SMILES string of the molecule is CN=C(NCCc1ccc(C)nc1)NC(C)Cc1ccc(C)s1.I. The van der Waals surface area contributed by atoms with Gasteiger partial charge in [-0.05, 0) is 51.0 Å². The minimum absolute atomic E-state index is 0. The van der Waals surface area contributed by atoms with E-state index in [4.69, 9.17) is 0 Å². The van der Waals surface area contributed by atoms with Gasteiger partial charge in [0.05, 0.1) is 0 Å². The minimum atomic E-state index is 0. The zero-order valence-corrected chi connectivity index (χ0v) is 17.9. The number of hydrogen-bond donors (Lipinski definition) is 2. The van der Waals surface area contributed by atoms with Crippen LogP contribution in [-0.4, -0.2) is 30.6 Å². The van der Waals surface area contributed by atoms with Gasteiger partial charge in [-0.3, -0.25) is 9.98 Å². The highest BCUT2D eigenvalue weighted by atomic mass is 127. The Kier molecular flexibility index (Phi) is 9.28. The van der Waals surface area contributed by atoms with Crippen LogP contribution >= 0.6 is 35.3 Å². The number of nitrogens with one attached hydrogen (secondary N) is 2. The zero-order valence-electron chi connectivity index (χ0n) is 14.8. The van der Waals surface area contributed by atoms with Crippen LogP contribution in [0.25, 0.3) is 0 Å². The van der Waals surface area contributed by atoms with E-state index in [1.54, 1.807) is 0 Å². The molecule has 0 saturated carbocycles. The first-order chi connectivity index (χ1) is 11.1. The number of aryl methyl sites for hydroxylation is 2. The molecule has 0 aliphatic heterocycles. The van der Waals surface area contributed by atoms with Crippen molar-refractivity contribution in [2.24, 2.45) is 4.99 Å². The average Bonchev–Trinajstić information content (AvgIpc) is 2.93. The lowest BCUT2D eigenvalue weighted by molar-refractivity contribution is 0.644. The van der Waals surface area contributed by atoms with Gasteiger partial charge in [-0.2, -0.15) is 0 Å². The van der Waals surface area contributed by atoms with E-state index in [2.05, 4.69) is 52.7 Å². The van der Waals surface area contributed by atoms with Gasteiger partial charge in [-0.25, -0.2) is 0 Å². The summed E-state index contributed by atoms with van der Waals surface area (Å²) in [4.78, 5) is 11.4. The average molecular weight is 458 g/mol. The van der Waals surface area contributed by atoms with Crippen molar-refractivity contribution >= 4 is 41.3 Å². The molecule has 132 valence electrons. The third-order valence-electron chi connectivity index (χ3n) is 3.59. The smallest absolute Gasteiger partial charge is 0.191 e. The number of hydrogen-bond acceptors (Lipinski definition) is 3. The fourth-order valence-corrected chi connectivity index (χ4v) is 3.37. The van der Waals surface area contributed by atoms with E-state index < -0.39 is 0 Å². The van der Waals surface area contributed by atoms with Crippen LogP contribution in [0, 0.1) is 13.8 Å². The molecule has 2 aromatic heterocycles. The predicted molar refractivity (Wildman–Crippen MR) is 115 cm³/mol. The van der Waals surface area contributed by atoms with Crippen LogP contribution in [-0.2, 0) is 12.8 Å². The first kappa shape index (κ1) is 20.9. The van der Waals surface area contributed by atoms with E-state index in [0.717, 1.165) is 31.0 Å². The Bertz CT molecular complexity index is 637. The minimum Gasteiger partial charge on any atom is -0.356 e. The molecule has 0 aromatic carbocycles. The molecule has 2 aromatic rings. The molecule has 0 saturated heterocycles. The molecule has 0 radical (unpaired) electrons. The summed E-state index contributed by atoms with van der Waals surface area (Å²) in [6, 6.07) is 8.91. The second-order valence-electron chi connectivity index (χ2n) is 5.82. The van der Waals surface area contributed by atoms with Crippen molar-refractivity contribution in [2.75, 3.05) is 13.6 Å². The molecular formula is C18H27IN4S. The molecule has 6 heteroatoms. The molecule has 0 aliphatic carbocycles. The number of aliphatic imine (C=N–C) groups is 1. The fourth-order valence-electron chi connectivity index (χ4n) is 2.35. The number of aromatic nitrogens is 1. The van der Waals surface area contributed by atoms with Gasteiger partial charge in [0.15, 0.2) is 5.96 Å². The summed E-state index contributed by atoms with van der Waals surface area (Å²) >= 11 is 1.86. The maximum absolute atomic E-state index is 4.32. The van der Waals surface area contributed by atoms with Gasteiger partial charge in [0.25, 0.3) is 0 Å². The number of pyridine rings is 1. The molecule has 4 nitrogen and oxygen atoms in total. The van der Waals surface area contributed by atoms with Crippen molar-refractivity contribution < 1.29 is 0 Å². The summed E-state index contributed by atoms with van der Waals surface area (Å²) in [6.45, 7) is 7.18. The summed E-state index contributed by atoms with van der Waals surface area (Å²) in [7, 11) is 1.81. The number of halogens is 1. The number of guanidine groups is 1. The van der Waals surface area contributed by atoms with Crippen LogP contribution in [0.2, 0.25) is 0 Å². The van der Waals surface area contributed by atoms with Crippen molar-refractivity contribution in [2.45, 2.75) is 39.7 Å². The standard InChI is InChI=1S/C18H26N4S.HI/c1-13-5-7-16(12-21-13)9-10-20-18(19-4)22-14(2)11-17-8-6-15(3)23-17;/h5-8,12,14H,9-11H2,1-4H3,(H2,19,20,22);1H. The largest absolute Gasteiger partial charge is 0.356 e. The molecule has 24 heavy (non-hydrogen) atoms. The van der Waals surface area contributed by atoms with Crippen LogP contribution in [0.3, 0.4) is 0 Å². The highest BCUT2D eigenvalue weighted by Gasteiger charge is 2.07. The topological polar surface area (TPSA) is 49.3 Å². The van der Waals surface area contributed by atoms with E-state index in [-0.39, 0.29) is 24.0 Å².